The normalized spacial score (nSPS) is 11.6. The molecule has 1 aromatic carbocycles. The summed E-state index contributed by atoms with van der Waals surface area (Å²) < 4.78 is 39.9. The van der Waals surface area contributed by atoms with Gasteiger partial charge in [-0.15, -0.1) is 0 Å². The lowest BCUT2D eigenvalue weighted by Gasteiger charge is -2.09. The molecule has 26 heavy (non-hydrogen) atoms. The first-order valence-electron chi connectivity index (χ1n) is 7.56. The highest BCUT2D eigenvalue weighted by Gasteiger charge is 2.31. The minimum atomic E-state index is -4.50. The zero-order valence-electron chi connectivity index (χ0n) is 13.1. The number of benzene rings is 1. The van der Waals surface area contributed by atoms with Crippen LogP contribution in [0.3, 0.4) is 0 Å². The van der Waals surface area contributed by atoms with Crippen LogP contribution < -0.4 is 0 Å². The van der Waals surface area contributed by atoms with Crippen molar-refractivity contribution in [2.24, 2.45) is 0 Å². The molecule has 3 aromatic heterocycles. The summed E-state index contributed by atoms with van der Waals surface area (Å²) in [5.41, 5.74) is 1.69. The summed E-state index contributed by atoms with van der Waals surface area (Å²) >= 11 is 0. The maximum absolute atomic E-state index is 12.8. The molecular formula is C18H10F3N5. The van der Waals surface area contributed by atoms with E-state index < -0.39 is 11.7 Å². The van der Waals surface area contributed by atoms with Crippen molar-refractivity contribution in [2.75, 3.05) is 0 Å². The second-order valence-corrected chi connectivity index (χ2v) is 5.61. The van der Waals surface area contributed by atoms with E-state index >= 15 is 0 Å². The highest BCUT2D eigenvalue weighted by Crippen LogP contribution is 2.32. The minimum absolute atomic E-state index is 0.101. The van der Waals surface area contributed by atoms with Gasteiger partial charge in [0.2, 0.25) is 0 Å². The molecule has 3 heterocycles. The lowest BCUT2D eigenvalue weighted by Crippen LogP contribution is -2.07. The van der Waals surface area contributed by atoms with E-state index in [4.69, 9.17) is 0 Å². The van der Waals surface area contributed by atoms with Crippen LogP contribution in [0.5, 0.6) is 0 Å². The summed E-state index contributed by atoms with van der Waals surface area (Å²) in [6, 6.07) is 8.53. The van der Waals surface area contributed by atoms with Crippen molar-refractivity contribution in [3.63, 3.8) is 0 Å². The molecule has 0 unspecified atom stereocenters. The third-order valence-electron chi connectivity index (χ3n) is 4.04. The maximum atomic E-state index is 12.8. The zero-order valence-corrected chi connectivity index (χ0v) is 13.1. The molecule has 0 aliphatic heterocycles. The average Bonchev–Trinajstić information content (AvgIpc) is 3.29. The molecule has 0 aliphatic carbocycles. The van der Waals surface area contributed by atoms with Gasteiger partial charge in [-0.2, -0.15) is 23.5 Å². The summed E-state index contributed by atoms with van der Waals surface area (Å²) in [5, 5.41) is 14.3. The summed E-state index contributed by atoms with van der Waals surface area (Å²) in [6.07, 6.45) is 2.20. The molecule has 0 radical (unpaired) electrons. The molecule has 0 spiro atoms. The number of hydrogen-bond acceptors (Lipinski definition) is 3. The standard InChI is InChI=1S/C18H10F3N5/c19-18(20,21)13-1-2-16(11(7-13)8-22)26-10-12(9-25-26)14-3-5-23-17-15(14)4-6-24-17/h1-7,9-10H,(H,23,24). The number of aromatic amines is 1. The molecular weight excluding hydrogens is 343 g/mol. The number of alkyl halides is 3. The molecule has 0 bridgehead atoms. The van der Waals surface area contributed by atoms with Crippen LogP contribution in [0, 0.1) is 11.3 Å². The Hall–Kier alpha value is -3.60. The van der Waals surface area contributed by atoms with Crippen LogP contribution in [0.1, 0.15) is 11.1 Å². The van der Waals surface area contributed by atoms with Gasteiger partial charge >= 0.3 is 6.18 Å². The van der Waals surface area contributed by atoms with E-state index in [-0.39, 0.29) is 11.3 Å². The molecule has 0 atom stereocenters. The molecule has 128 valence electrons. The fourth-order valence-electron chi connectivity index (χ4n) is 2.81. The summed E-state index contributed by atoms with van der Waals surface area (Å²) in [7, 11) is 0. The van der Waals surface area contributed by atoms with Crippen molar-refractivity contribution in [2.45, 2.75) is 6.18 Å². The molecule has 8 heteroatoms. The highest BCUT2D eigenvalue weighted by molar-refractivity contribution is 5.92. The first-order valence-corrected chi connectivity index (χ1v) is 7.56. The molecule has 0 saturated heterocycles. The van der Waals surface area contributed by atoms with Gasteiger partial charge in [-0.3, -0.25) is 0 Å². The van der Waals surface area contributed by atoms with Gasteiger partial charge in [0.25, 0.3) is 0 Å². The van der Waals surface area contributed by atoms with E-state index in [0.29, 0.717) is 0 Å². The van der Waals surface area contributed by atoms with E-state index in [1.807, 2.05) is 12.1 Å². The van der Waals surface area contributed by atoms with E-state index in [0.717, 1.165) is 34.3 Å². The Kier molecular flexibility index (Phi) is 3.51. The van der Waals surface area contributed by atoms with Crippen LogP contribution in [0.25, 0.3) is 27.8 Å². The van der Waals surface area contributed by atoms with Gasteiger partial charge in [0.15, 0.2) is 0 Å². The number of nitrogens with zero attached hydrogens (tertiary/aromatic N) is 4. The van der Waals surface area contributed by atoms with Gasteiger partial charge < -0.3 is 4.98 Å². The lowest BCUT2D eigenvalue weighted by atomic mass is 10.1. The first kappa shape index (κ1) is 15.9. The van der Waals surface area contributed by atoms with Crippen molar-refractivity contribution >= 4 is 11.0 Å². The Morgan fingerprint density at radius 2 is 2.00 bits per heavy atom. The van der Waals surface area contributed by atoms with Gasteiger partial charge in [0.05, 0.1) is 23.0 Å². The van der Waals surface area contributed by atoms with Crippen molar-refractivity contribution in [1.82, 2.24) is 19.7 Å². The maximum Gasteiger partial charge on any atom is 0.416 e. The second kappa shape index (κ2) is 5.74. The Morgan fingerprint density at radius 3 is 2.77 bits per heavy atom. The van der Waals surface area contributed by atoms with Gasteiger partial charge in [0, 0.05) is 29.5 Å². The SMILES string of the molecule is N#Cc1cc(C(F)(F)F)ccc1-n1cc(-c2ccnc3[nH]ccc23)cn1. The fourth-order valence-corrected chi connectivity index (χ4v) is 2.81. The third kappa shape index (κ3) is 2.59. The number of H-pyrrole nitrogens is 1. The fraction of sp³-hybridized carbons (Fsp3) is 0.0556. The number of pyridine rings is 1. The molecule has 0 amide bonds. The molecule has 0 aliphatic rings. The predicted molar refractivity (Wildman–Crippen MR) is 88.4 cm³/mol. The number of fused-ring (bicyclic) bond motifs is 1. The van der Waals surface area contributed by atoms with Crippen LogP contribution in [0.4, 0.5) is 13.2 Å². The number of halogens is 3. The summed E-state index contributed by atoms with van der Waals surface area (Å²) in [6.45, 7) is 0. The third-order valence-corrected chi connectivity index (χ3v) is 4.04. The van der Waals surface area contributed by atoms with E-state index in [2.05, 4.69) is 15.1 Å². The van der Waals surface area contributed by atoms with Crippen LogP contribution in [-0.4, -0.2) is 19.7 Å². The largest absolute Gasteiger partial charge is 0.416 e. The summed E-state index contributed by atoms with van der Waals surface area (Å²) in [5.74, 6) is 0. The van der Waals surface area contributed by atoms with E-state index in [9.17, 15) is 18.4 Å². The van der Waals surface area contributed by atoms with Gasteiger partial charge in [-0.25, -0.2) is 9.67 Å². The van der Waals surface area contributed by atoms with Crippen molar-refractivity contribution < 1.29 is 13.2 Å². The number of rotatable bonds is 2. The Bertz CT molecular complexity index is 1150. The van der Waals surface area contributed by atoms with E-state index in [1.165, 1.54) is 10.7 Å². The quantitative estimate of drug-likeness (QED) is 0.584. The number of nitriles is 1. The molecule has 5 nitrogen and oxygen atoms in total. The van der Waals surface area contributed by atoms with Crippen molar-refractivity contribution in [3.05, 3.63) is 66.2 Å². The monoisotopic (exact) mass is 353 g/mol. The second-order valence-electron chi connectivity index (χ2n) is 5.61. The first-order chi connectivity index (χ1) is 12.5. The van der Waals surface area contributed by atoms with Crippen LogP contribution in [-0.2, 0) is 6.18 Å². The average molecular weight is 353 g/mol. The van der Waals surface area contributed by atoms with Crippen molar-refractivity contribution in [3.8, 4) is 22.9 Å². The van der Waals surface area contributed by atoms with Gasteiger partial charge in [0.1, 0.15) is 11.7 Å². The molecule has 0 fully saturated rings. The number of hydrogen-bond donors (Lipinski definition) is 1. The van der Waals surface area contributed by atoms with Crippen molar-refractivity contribution in [1.29, 1.82) is 5.26 Å². The van der Waals surface area contributed by atoms with Crippen LogP contribution in [0.2, 0.25) is 0 Å². The predicted octanol–water partition coefficient (Wildman–Crippen LogP) is 4.31. The highest BCUT2D eigenvalue weighted by atomic mass is 19.4. The van der Waals surface area contributed by atoms with E-state index in [1.54, 1.807) is 30.9 Å². The number of aromatic nitrogens is 4. The zero-order chi connectivity index (χ0) is 18.3. The van der Waals surface area contributed by atoms with Crippen LogP contribution >= 0.6 is 0 Å². The Labute approximate surface area is 145 Å². The van der Waals surface area contributed by atoms with Gasteiger partial charge in [-0.1, -0.05) is 0 Å². The smallest absolute Gasteiger partial charge is 0.346 e. The Morgan fingerprint density at radius 1 is 1.15 bits per heavy atom. The Balaban J connectivity index is 1.80. The molecule has 4 aromatic rings. The molecule has 0 saturated carbocycles. The molecule has 1 N–H and O–H groups in total. The molecule has 4 rings (SSSR count). The summed E-state index contributed by atoms with van der Waals surface area (Å²) in [4.78, 5) is 7.24. The van der Waals surface area contributed by atoms with Gasteiger partial charge in [-0.05, 0) is 35.9 Å². The number of nitrogens with one attached hydrogen (secondary N) is 1. The topological polar surface area (TPSA) is 70.3 Å². The minimum Gasteiger partial charge on any atom is -0.346 e. The lowest BCUT2D eigenvalue weighted by molar-refractivity contribution is -0.137. The van der Waals surface area contributed by atoms with Crippen LogP contribution in [0.15, 0.2) is 55.1 Å².